The first-order valence-electron chi connectivity index (χ1n) is 12.1. The number of nitrogens with zero attached hydrogens (tertiary/aromatic N) is 7. The third-order valence-corrected chi connectivity index (χ3v) is 6.59. The summed E-state index contributed by atoms with van der Waals surface area (Å²) in [6.45, 7) is 10.6. The zero-order chi connectivity index (χ0) is 24.4. The molecule has 0 spiro atoms. The summed E-state index contributed by atoms with van der Waals surface area (Å²) in [6, 6.07) is 12.5. The number of carbonyl (C=O) groups excluding carboxylic acids is 1. The van der Waals surface area contributed by atoms with Crippen molar-refractivity contribution >= 4 is 29.0 Å². The number of ether oxygens (including phenoxy) is 1. The van der Waals surface area contributed by atoms with E-state index in [2.05, 4.69) is 56.2 Å². The van der Waals surface area contributed by atoms with Gasteiger partial charge in [0.15, 0.2) is 0 Å². The molecule has 2 aromatic heterocycles. The number of carbonyl (C=O) groups is 1. The number of hydrogen-bond acceptors (Lipinski definition) is 8. The number of anilines is 4. The first-order valence-corrected chi connectivity index (χ1v) is 12.1. The van der Waals surface area contributed by atoms with Crippen LogP contribution < -0.4 is 15.1 Å². The SMILES string of the molecule is CC(=O)N1[C@H](C)CN(c2cc(-n3cnc(Nc4ccc(N5CCOCC5)cc4)n3)ccn2)C[C@@H]1C. The fraction of sp³-hybridized carbons (Fsp3) is 0.440. The van der Waals surface area contributed by atoms with Gasteiger partial charge >= 0.3 is 0 Å². The number of hydrogen-bond donors (Lipinski definition) is 1. The number of morpholine rings is 1. The van der Waals surface area contributed by atoms with Gasteiger partial charge in [-0.1, -0.05) is 0 Å². The second-order valence-electron chi connectivity index (χ2n) is 9.19. The Morgan fingerprint density at radius 2 is 1.69 bits per heavy atom. The lowest BCUT2D eigenvalue weighted by atomic mass is 10.1. The van der Waals surface area contributed by atoms with E-state index in [1.54, 1.807) is 24.1 Å². The van der Waals surface area contributed by atoms with Gasteiger partial charge in [0.05, 0.1) is 18.9 Å². The van der Waals surface area contributed by atoms with Gasteiger partial charge in [-0.3, -0.25) is 4.79 Å². The molecule has 0 aliphatic carbocycles. The van der Waals surface area contributed by atoms with Crippen LogP contribution in [0.5, 0.6) is 0 Å². The molecule has 35 heavy (non-hydrogen) atoms. The molecule has 10 heteroatoms. The number of pyridine rings is 1. The molecule has 2 aliphatic rings. The average molecular weight is 477 g/mol. The molecule has 1 amide bonds. The van der Waals surface area contributed by atoms with Crippen molar-refractivity contribution in [1.29, 1.82) is 0 Å². The van der Waals surface area contributed by atoms with Crippen molar-refractivity contribution in [2.75, 3.05) is 54.5 Å². The molecule has 2 aliphatic heterocycles. The largest absolute Gasteiger partial charge is 0.378 e. The molecule has 2 saturated heterocycles. The van der Waals surface area contributed by atoms with Gasteiger partial charge in [0.25, 0.3) is 0 Å². The van der Waals surface area contributed by atoms with Gasteiger partial charge in [0.1, 0.15) is 12.1 Å². The Bertz CT molecular complexity index is 1150. The van der Waals surface area contributed by atoms with Crippen LogP contribution in [-0.2, 0) is 9.53 Å². The van der Waals surface area contributed by atoms with Crippen molar-refractivity contribution in [2.24, 2.45) is 0 Å². The summed E-state index contributed by atoms with van der Waals surface area (Å²) in [5, 5.41) is 7.89. The highest BCUT2D eigenvalue weighted by Gasteiger charge is 2.31. The summed E-state index contributed by atoms with van der Waals surface area (Å²) in [6.07, 6.45) is 3.49. The third kappa shape index (κ3) is 5.07. The van der Waals surface area contributed by atoms with E-state index in [0.717, 1.165) is 56.6 Å². The summed E-state index contributed by atoms with van der Waals surface area (Å²) in [5.41, 5.74) is 3.00. The number of amides is 1. The van der Waals surface area contributed by atoms with Crippen LogP contribution in [0, 0.1) is 0 Å². The van der Waals surface area contributed by atoms with Crippen LogP contribution in [-0.4, -0.2) is 82.0 Å². The molecular formula is C25H32N8O2. The number of aromatic nitrogens is 4. The molecule has 5 rings (SSSR count). The van der Waals surface area contributed by atoms with Crippen LogP contribution in [0.1, 0.15) is 20.8 Å². The molecule has 3 aromatic rings. The van der Waals surface area contributed by atoms with Gasteiger partial charge in [-0.15, -0.1) is 5.10 Å². The van der Waals surface area contributed by atoms with Gasteiger partial charge in [-0.2, -0.15) is 4.98 Å². The van der Waals surface area contributed by atoms with E-state index >= 15 is 0 Å². The zero-order valence-electron chi connectivity index (χ0n) is 20.5. The van der Waals surface area contributed by atoms with Crippen LogP contribution in [0.15, 0.2) is 48.9 Å². The maximum atomic E-state index is 12.0. The van der Waals surface area contributed by atoms with Gasteiger partial charge in [-0.05, 0) is 44.2 Å². The molecule has 2 fully saturated rings. The van der Waals surface area contributed by atoms with Gasteiger partial charge in [-0.25, -0.2) is 9.67 Å². The number of rotatable bonds is 5. The summed E-state index contributed by atoms with van der Waals surface area (Å²) in [4.78, 5) is 27.5. The topological polar surface area (TPSA) is 91.7 Å². The Hall–Kier alpha value is -3.66. The second-order valence-corrected chi connectivity index (χ2v) is 9.19. The van der Waals surface area contributed by atoms with Crippen LogP contribution in [0.2, 0.25) is 0 Å². The number of benzene rings is 1. The summed E-state index contributed by atoms with van der Waals surface area (Å²) in [7, 11) is 0. The minimum absolute atomic E-state index is 0.115. The highest BCUT2D eigenvalue weighted by Crippen LogP contribution is 2.24. The smallest absolute Gasteiger partial charge is 0.246 e. The predicted molar refractivity (Wildman–Crippen MR) is 136 cm³/mol. The van der Waals surface area contributed by atoms with Crippen LogP contribution in [0.3, 0.4) is 0 Å². The molecule has 4 heterocycles. The fourth-order valence-electron chi connectivity index (χ4n) is 5.00. The fourth-order valence-corrected chi connectivity index (χ4v) is 5.00. The summed E-state index contributed by atoms with van der Waals surface area (Å²) in [5.74, 6) is 1.51. The summed E-state index contributed by atoms with van der Waals surface area (Å²) >= 11 is 0. The Labute approximate surface area is 205 Å². The van der Waals surface area contributed by atoms with E-state index in [9.17, 15) is 4.79 Å². The highest BCUT2D eigenvalue weighted by atomic mass is 16.5. The van der Waals surface area contributed by atoms with Crippen molar-refractivity contribution in [3.05, 3.63) is 48.9 Å². The predicted octanol–water partition coefficient (Wildman–Crippen LogP) is 2.69. The van der Waals surface area contributed by atoms with E-state index in [0.29, 0.717) is 5.95 Å². The molecule has 0 bridgehead atoms. The number of piperazine rings is 1. The van der Waals surface area contributed by atoms with Crippen molar-refractivity contribution in [3.63, 3.8) is 0 Å². The molecule has 184 valence electrons. The molecule has 0 radical (unpaired) electrons. The van der Waals surface area contributed by atoms with Gasteiger partial charge in [0, 0.05) is 68.8 Å². The lowest BCUT2D eigenvalue weighted by Crippen LogP contribution is -2.58. The zero-order valence-corrected chi connectivity index (χ0v) is 20.5. The van der Waals surface area contributed by atoms with E-state index < -0.39 is 0 Å². The molecular weight excluding hydrogens is 444 g/mol. The molecule has 1 aromatic carbocycles. The first kappa shape index (κ1) is 23.1. The molecule has 10 nitrogen and oxygen atoms in total. The highest BCUT2D eigenvalue weighted by molar-refractivity contribution is 5.74. The van der Waals surface area contributed by atoms with Crippen molar-refractivity contribution in [2.45, 2.75) is 32.9 Å². The monoisotopic (exact) mass is 476 g/mol. The third-order valence-electron chi connectivity index (χ3n) is 6.59. The minimum atomic E-state index is 0.115. The first-order chi connectivity index (χ1) is 17.0. The van der Waals surface area contributed by atoms with Crippen molar-refractivity contribution in [1.82, 2.24) is 24.6 Å². The van der Waals surface area contributed by atoms with Gasteiger partial charge in [0.2, 0.25) is 11.9 Å². The van der Waals surface area contributed by atoms with Crippen LogP contribution in [0.4, 0.5) is 23.1 Å². The Kier molecular flexibility index (Phi) is 6.54. The van der Waals surface area contributed by atoms with E-state index in [1.165, 1.54) is 5.69 Å². The standard InChI is InChI=1S/C25H32N8O2/c1-18-15-31(16-19(2)33(18)20(3)34)24-14-23(8-9-26-24)32-17-27-25(29-32)28-21-4-6-22(7-5-21)30-10-12-35-13-11-30/h4-9,14,17-19H,10-13,15-16H2,1-3H3,(H,28,29)/t18-,19+. The second kappa shape index (κ2) is 9.91. The lowest BCUT2D eigenvalue weighted by Gasteiger charge is -2.44. The van der Waals surface area contributed by atoms with E-state index in [1.807, 2.05) is 29.2 Å². The van der Waals surface area contributed by atoms with E-state index in [4.69, 9.17) is 4.74 Å². The minimum Gasteiger partial charge on any atom is -0.378 e. The molecule has 1 N–H and O–H groups in total. The summed E-state index contributed by atoms with van der Waals surface area (Å²) < 4.78 is 7.18. The average Bonchev–Trinajstić information content (AvgIpc) is 3.33. The Morgan fingerprint density at radius 1 is 0.971 bits per heavy atom. The van der Waals surface area contributed by atoms with E-state index in [-0.39, 0.29) is 18.0 Å². The Balaban J connectivity index is 1.26. The molecule has 0 saturated carbocycles. The van der Waals surface area contributed by atoms with Crippen LogP contribution >= 0.6 is 0 Å². The normalized spacial score (nSPS) is 20.7. The van der Waals surface area contributed by atoms with Crippen molar-refractivity contribution in [3.8, 4) is 5.69 Å². The Morgan fingerprint density at radius 3 is 2.37 bits per heavy atom. The van der Waals surface area contributed by atoms with Gasteiger partial charge < -0.3 is 24.8 Å². The quantitative estimate of drug-likeness (QED) is 0.601. The maximum absolute atomic E-state index is 12.0. The molecule has 2 atom stereocenters. The van der Waals surface area contributed by atoms with Crippen LogP contribution in [0.25, 0.3) is 5.69 Å². The van der Waals surface area contributed by atoms with Crippen molar-refractivity contribution < 1.29 is 9.53 Å². The molecule has 0 unspecified atom stereocenters. The lowest BCUT2D eigenvalue weighted by molar-refractivity contribution is -0.133. The number of nitrogens with one attached hydrogen (secondary N) is 1. The maximum Gasteiger partial charge on any atom is 0.246 e.